The van der Waals surface area contributed by atoms with E-state index in [1.54, 1.807) is 6.92 Å². The maximum Gasteiger partial charge on any atom is 0.211 e. The van der Waals surface area contributed by atoms with Gasteiger partial charge in [0.15, 0.2) is 0 Å². The summed E-state index contributed by atoms with van der Waals surface area (Å²) in [5, 5.41) is 11.5. The Kier molecular flexibility index (Phi) is 5.86. The standard InChI is InChI=1S/C20H28N6O2S/c1-2-29(27,28)25-17-7-5-16(6-8-17)24-19-13-15(9-11-21-19)18-14-23-26-12-4-3-10-22-20(18)26/h5,7,9,11,13-14,16-17,22,25H,2-4,6,8,10,12H2,1H3,(H,21,24)/t16-,17-/m0/s1. The number of nitrogens with one attached hydrogen (secondary N) is 3. The fourth-order valence-electron chi connectivity index (χ4n) is 3.77. The SMILES string of the molecule is CCS(=O)(=O)N[C@H]1C=C[C@H](Nc2cc(-c3cnn4c3NCCCC4)ccn2)CC1. The maximum absolute atomic E-state index is 11.7. The Morgan fingerprint density at radius 2 is 2.07 bits per heavy atom. The van der Waals surface area contributed by atoms with Crippen molar-refractivity contribution >= 4 is 21.7 Å². The lowest BCUT2D eigenvalue weighted by atomic mass is 9.99. The highest BCUT2D eigenvalue weighted by Gasteiger charge is 2.20. The second-order valence-electron chi connectivity index (χ2n) is 7.53. The summed E-state index contributed by atoms with van der Waals surface area (Å²) in [6.45, 7) is 3.55. The molecular weight excluding hydrogens is 388 g/mol. The third-order valence-corrected chi connectivity index (χ3v) is 6.83. The van der Waals surface area contributed by atoms with Gasteiger partial charge in [-0.15, -0.1) is 0 Å². The number of anilines is 2. The molecule has 1 aliphatic carbocycles. The zero-order valence-corrected chi connectivity index (χ0v) is 17.5. The Labute approximate surface area is 171 Å². The van der Waals surface area contributed by atoms with Crippen LogP contribution < -0.4 is 15.4 Å². The van der Waals surface area contributed by atoms with Crippen molar-refractivity contribution in [2.75, 3.05) is 22.9 Å². The molecule has 156 valence electrons. The van der Waals surface area contributed by atoms with E-state index >= 15 is 0 Å². The van der Waals surface area contributed by atoms with E-state index in [9.17, 15) is 8.42 Å². The first-order chi connectivity index (χ1) is 14.0. The fourth-order valence-corrected chi connectivity index (χ4v) is 4.59. The molecular formula is C20H28N6O2S. The summed E-state index contributed by atoms with van der Waals surface area (Å²) >= 11 is 0. The number of nitrogens with zero attached hydrogens (tertiary/aromatic N) is 3. The van der Waals surface area contributed by atoms with E-state index in [2.05, 4.69) is 25.4 Å². The second kappa shape index (κ2) is 8.54. The van der Waals surface area contributed by atoms with Crippen molar-refractivity contribution in [2.24, 2.45) is 0 Å². The monoisotopic (exact) mass is 416 g/mol. The van der Waals surface area contributed by atoms with E-state index in [1.807, 2.05) is 41.4 Å². The molecule has 9 heteroatoms. The minimum atomic E-state index is -3.18. The van der Waals surface area contributed by atoms with Crippen molar-refractivity contribution in [3.63, 3.8) is 0 Å². The van der Waals surface area contributed by atoms with Gasteiger partial charge in [-0.3, -0.25) is 0 Å². The highest BCUT2D eigenvalue weighted by molar-refractivity contribution is 7.89. The summed E-state index contributed by atoms with van der Waals surface area (Å²) in [4.78, 5) is 4.46. The molecule has 0 radical (unpaired) electrons. The van der Waals surface area contributed by atoms with Crippen LogP contribution >= 0.6 is 0 Å². The van der Waals surface area contributed by atoms with Gasteiger partial charge in [0.05, 0.1) is 11.9 Å². The largest absolute Gasteiger partial charge is 0.370 e. The van der Waals surface area contributed by atoms with E-state index < -0.39 is 10.0 Å². The van der Waals surface area contributed by atoms with Gasteiger partial charge in [0.2, 0.25) is 10.0 Å². The summed E-state index contributed by atoms with van der Waals surface area (Å²) in [7, 11) is -3.18. The van der Waals surface area contributed by atoms with Crippen LogP contribution in [0.3, 0.4) is 0 Å². The quantitative estimate of drug-likeness (QED) is 0.626. The predicted octanol–water partition coefficient (Wildman–Crippen LogP) is 2.59. The molecule has 2 aliphatic rings. The Balaban J connectivity index is 1.45. The number of sulfonamides is 1. The van der Waals surface area contributed by atoms with Crippen molar-refractivity contribution in [3.8, 4) is 11.1 Å². The first kappa shape index (κ1) is 19.9. The average Bonchev–Trinajstić information content (AvgIpc) is 2.98. The summed E-state index contributed by atoms with van der Waals surface area (Å²) in [6, 6.07) is 4.04. The number of fused-ring (bicyclic) bond motifs is 1. The average molecular weight is 417 g/mol. The molecule has 0 unspecified atom stereocenters. The third-order valence-electron chi connectivity index (χ3n) is 5.41. The van der Waals surface area contributed by atoms with Gasteiger partial charge >= 0.3 is 0 Å². The molecule has 0 saturated carbocycles. The van der Waals surface area contributed by atoms with Crippen LogP contribution in [0, 0.1) is 0 Å². The van der Waals surface area contributed by atoms with Gasteiger partial charge in [0.1, 0.15) is 11.6 Å². The zero-order chi connectivity index (χ0) is 20.3. The van der Waals surface area contributed by atoms with Crippen molar-refractivity contribution in [1.29, 1.82) is 0 Å². The summed E-state index contributed by atoms with van der Waals surface area (Å²) in [6.07, 6.45) is 11.6. The molecule has 0 bridgehead atoms. The normalized spacial score (nSPS) is 21.8. The van der Waals surface area contributed by atoms with Crippen molar-refractivity contribution < 1.29 is 8.42 Å². The van der Waals surface area contributed by atoms with E-state index in [0.717, 1.165) is 61.5 Å². The Morgan fingerprint density at radius 1 is 1.24 bits per heavy atom. The van der Waals surface area contributed by atoms with Gasteiger partial charge in [0, 0.05) is 36.9 Å². The Morgan fingerprint density at radius 3 is 2.86 bits per heavy atom. The molecule has 2 atom stereocenters. The van der Waals surface area contributed by atoms with Gasteiger partial charge in [-0.25, -0.2) is 22.8 Å². The number of hydrogen-bond donors (Lipinski definition) is 3. The van der Waals surface area contributed by atoms with Crippen LogP contribution in [0.15, 0.2) is 36.7 Å². The molecule has 0 spiro atoms. The predicted molar refractivity (Wildman–Crippen MR) is 115 cm³/mol. The zero-order valence-electron chi connectivity index (χ0n) is 16.6. The number of aromatic nitrogens is 3. The van der Waals surface area contributed by atoms with Gasteiger partial charge in [-0.1, -0.05) is 12.2 Å². The highest BCUT2D eigenvalue weighted by Crippen LogP contribution is 2.30. The number of rotatable bonds is 6. The number of aryl methyl sites for hydroxylation is 1. The molecule has 3 heterocycles. The smallest absolute Gasteiger partial charge is 0.211 e. The molecule has 3 N–H and O–H groups in total. The van der Waals surface area contributed by atoms with Gasteiger partial charge in [-0.05, 0) is 50.3 Å². The summed E-state index contributed by atoms with van der Waals surface area (Å²) in [5.41, 5.74) is 2.16. The van der Waals surface area contributed by atoms with E-state index in [-0.39, 0.29) is 17.8 Å². The van der Waals surface area contributed by atoms with Crippen LogP contribution in [-0.2, 0) is 16.6 Å². The van der Waals surface area contributed by atoms with Gasteiger partial charge < -0.3 is 10.6 Å². The fraction of sp³-hybridized carbons (Fsp3) is 0.500. The molecule has 8 nitrogen and oxygen atoms in total. The van der Waals surface area contributed by atoms with Crippen LogP contribution in [0.1, 0.15) is 32.6 Å². The molecule has 2 aromatic rings. The Bertz CT molecular complexity index is 985. The minimum absolute atomic E-state index is 0.100. The van der Waals surface area contributed by atoms with Crippen LogP contribution in [0.25, 0.3) is 11.1 Å². The van der Waals surface area contributed by atoms with Crippen molar-refractivity contribution in [2.45, 2.75) is 51.2 Å². The second-order valence-corrected chi connectivity index (χ2v) is 9.58. The summed E-state index contributed by atoms with van der Waals surface area (Å²) in [5.74, 6) is 1.98. The third kappa shape index (κ3) is 4.79. The lowest BCUT2D eigenvalue weighted by Gasteiger charge is -2.24. The van der Waals surface area contributed by atoms with Crippen LogP contribution in [0.2, 0.25) is 0 Å². The lowest BCUT2D eigenvalue weighted by Crippen LogP contribution is -2.37. The first-order valence-electron chi connectivity index (χ1n) is 10.2. The number of pyridine rings is 1. The number of hydrogen-bond acceptors (Lipinski definition) is 6. The molecule has 0 amide bonds. The molecule has 29 heavy (non-hydrogen) atoms. The maximum atomic E-state index is 11.7. The van der Waals surface area contributed by atoms with E-state index in [0.29, 0.717) is 0 Å². The lowest BCUT2D eigenvalue weighted by molar-refractivity contribution is 0.540. The highest BCUT2D eigenvalue weighted by atomic mass is 32.2. The molecule has 2 aromatic heterocycles. The molecule has 0 saturated heterocycles. The van der Waals surface area contributed by atoms with Crippen LogP contribution in [0.5, 0.6) is 0 Å². The molecule has 1 aliphatic heterocycles. The molecule has 4 rings (SSSR count). The molecule has 0 aromatic carbocycles. The van der Waals surface area contributed by atoms with E-state index in [1.165, 1.54) is 0 Å². The van der Waals surface area contributed by atoms with Crippen molar-refractivity contribution in [3.05, 3.63) is 36.7 Å². The van der Waals surface area contributed by atoms with Gasteiger partial charge in [0.25, 0.3) is 0 Å². The Hall–Kier alpha value is -2.39. The first-order valence-corrected chi connectivity index (χ1v) is 11.9. The van der Waals surface area contributed by atoms with Crippen LogP contribution in [0.4, 0.5) is 11.6 Å². The summed E-state index contributed by atoms with van der Waals surface area (Å²) < 4.78 is 28.2. The molecule has 0 fully saturated rings. The van der Waals surface area contributed by atoms with Gasteiger partial charge in [-0.2, -0.15) is 5.10 Å². The van der Waals surface area contributed by atoms with Crippen LogP contribution in [-0.4, -0.2) is 47.6 Å². The topological polar surface area (TPSA) is 101 Å². The van der Waals surface area contributed by atoms with E-state index in [4.69, 9.17) is 0 Å². The minimum Gasteiger partial charge on any atom is -0.370 e. The van der Waals surface area contributed by atoms with Crippen molar-refractivity contribution in [1.82, 2.24) is 19.5 Å².